The summed E-state index contributed by atoms with van der Waals surface area (Å²) in [5, 5.41) is 0.759. The molecule has 0 saturated carbocycles. The van der Waals surface area contributed by atoms with E-state index in [9.17, 15) is 4.39 Å². The van der Waals surface area contributed by atoms with E-state index in [1.54, 1.807) is 16.7 Å². The van der Waals surface area contributed by atoms with Crippen LogP contribution in [0.1, 0.15) is 0 Å². The van der Waals surface area contributed by atoms with Gasteiger partial charge in [0.15, 0.2) is 10.4 Å². The predicted molar refractivity (Wildman–Crippen MR) is 76.2 cm³/mol. The summed E-state index contributed by atoms with van der Waals surface area (Å²) in [5.41, 5.74) is 1.84. The molecule has 2 heterocycles. The number of halogens is 3. The third-order valence-electron chi connectivity index (χ3n) is 2.64. The van der Waals surface area contributed by atoms with Crippen LogP contribution in [0.15, 0.2) is 30.5 Å². The minimum atomic E-state index is -0.406. The van der Waals surface area contributed by atoms with Gasteiger partial charge in [0.2, 0.25) is 0 Å². The summed E-state index contributed by atoms with van der Waals surface area (Å²) in [6.45, 7) is 0. The fourth-order valence-corrected chi connectivity index (χ4v) is 2.56. The monoisotopic (exact) mass is 313 g/mol. The van der Waals surface area contributed by atoms with Gasteiger partial charge in [-0.15, -0.1) is 0 Å². The summed E-state index contributed by atoms with van der Waals surface area (Å²) >= 11 is 17.2. The summed E-state index contributed by atoms with van der Waals surface area (Å²) in [6, 6.07) is 5.82. The largest absolute Gasteiger partial charge is 0.329 e. The van der Waals surface area contributed by atoms with Gasteiger partial charge in [-0.2, -0.15) is 0 Å². The zero-order valence-corrected chi connectivity index (χ0v) is 11.7. The molecule has 0 amide bonds. The molecule has 0 spiro atoms. The maximum atomic E-state index is 13.1. The van der Waals surface area contributed by atoms with Crippen molar-refractivity contribution in [1.29, 1.82) is 0 Å². The Morgan fingerprint density at radius 1 is 1.26 bits per heavy atom. The van der Waals surface area contributed by atoms with E-state index in [0.29, 0.717) is 26.6 Å². The van der Waals surface area contributed by atoms with Crippen LogP contribution in [0.5, 0.6) is 0 Å². The molecule has 1 aromatic carbocycles. The number of imidazole rings is 1. The van der Waals surface area contributed by atoms with Gasteiger partial charge in [-0.3, -0.25) is 4.57 Å². The minimum Gasteiger partial charge on any atom is -0.329 e. The highest BCUT2D eigenvalue weighted by molar-refractivity contribution is 7.71. The lowest BCUT2D eigenvalue weighted by Gasteiger charge is -2.06. The summed E-state index contributed by atoms with van der Waals surface area (Å²) < 4.78 is 15.2. The molecule has 0 unspecified atom stereocenters. The number of H-pyrrole nitrogens is 1. The Balaban J connectivity index is 2.36. The third-order valence-corrected chi connectivity index (χ3v) is 3.43. The highest BCUT2D eigenvalue weighted by atomic mass is 35.5. The normalized spacial score (nSPS) is 11.1. The molecule has 0 aliphatic carbocycles. The van der Waals surface area contributed by atoms with Crippen molar-refractivity contribution < 1.29 is 4.39 Å². The molecular formula is C12H6Cl2FN3S. The van der Waals surface area contributed by atoms with Crippen molar-refractivity contribution in [3.63, 3.8) is 0 Å². The van der Waals surface area contributed by atoms with Crippen molar-refractivity contribution >= 4 is 46.6 Å². The second kappa shape index (κ2) is 4.59. The Bertz CT molecular complexity index is 841. The molecule has 0 atom stereocenters. The summed E-state index contributed by atoms with van der Waals surface area (Å²) in [4.78, 5) is 7.21. The Morgan fingerprint density at radius 2 is 2.05 bits per heavy atom. The van der Waals surface area contributed by atoms with Crippen LogP contribution >= 0.6 is 35.4 Å². The molecule has 2 aromatic heterocycles. The van der Waals surface area contributed by atoms with Gasteiger partial charge in [0.25, 0.3) is 0 Å². The van der Waals surface area contributed by atoms with Crippen molar-refractivity contribution in [3.05, 3.63) is 51.1 Å². The molecule has 0 aliphatic rings. The lowest BCUT2D eigenvalue weighted by molar-refractivity contribution is 0.627. The number of hydrogen-bond donors (Lipinski definition) is 1. The zero-order chi connectivity index (χ0) is 13.6. The minimum absolute atomic E-state index is 0.258. The number of benzene rings is 1. The lowest BCUT2D eigenvalue weighted by atomic mass is 10.3. The highest BCUT2D eigenvalue weighted by Gasteiger charge is 2.11. The van der Waals surface area contributed by atoms with Crippen molar-refractivity contribution in [2.75, 3.05) is 0 Å². The van der Waals surface area contributed by atoms with Gasteiger partial charge in [0.05, 0.1) is 21.2 Å². The second-order valence-corrected chi connectivity index (χ2v) is 5.12. The van der Waals surface area contributed by atoms with Gasteiger partial charge in [0, 0.05) is 6.20 Å². The quantitative estimate of drug-likeness (QED) is 0.670. The topological polar surface area (TPSA) is 33.6 Å². The molecule has 3 rings (SSSR count). The Labute approximate surface area is 122 Å². The highest BCUT2D eigenvalue weighted by Crippen LogP contribution is 2.26. The molecular weight excluding hydrogens is 308 g/mol. The number of pyridine rings is 1. The zero-order valence-electron chi connectivity index (χ0n) is 9.32. The van der Waals surface area contributed by atoms with Crippen LogP contribution in [0.4, 0.5) is 4.39 Å². The van der Waals surface area contributed by atoms with E-state index < -0.39 is 5.82 Å². The number of aromatic nitrogens is 3. The van der Waals surface area contributed by atoms with Crippen molar-refractivity contribution in [2.24, 2.45) is 0 Å². The molecule has 3 aromatic rings. The average Bonchev–Trinajstić information content (AvgIpc) is 2.65. The number of aromatic amines is 1. The van der Waals surface area contributed by atoms with E-state index in [0.717, 1.165) is 0 Å². The van der Waals surface area contributed by atoms with Crippen LogP contribution in [-0.2, 0) is 0 Å². The van der Waals surface area contributed by atoms with Crippen LogP contribution in [-0.4, -0.2) is 14.5 Å². The van der Waals surface area contributed by atoms with E-state index in [4.69, 9.17) is 35.4 Å². The molecule has 1 N–H and O–H groups in total. The van der Waals surface area contributed by atoms with Crippen molar-refractivity contribution in [3.8, 4) is 5.69 Å². The lowest BCUT2D eigenvalue weighted by Crippen LogP contribution is -1.97. The van der Waals surface area contributed by atoms with Crippen LogP contribution < -0.4 is 0 Å². The predicted octanol–water partition coefficient (Wildman–Crippen LogP) is 4.53. The first-order valence-corrected chi connectivity index (χ1v) is 6.44. The Kier molecular flexibility index (Phi) is 3.05. The van der Waals surface area contributed by atoms with Crippen LogP contribution in [0.3, 0.4) is 0 Å². The van der Waals surface area contributed by atoms with Crippen molar-refractivity contribution in [2.45, 2.75) is 0 Å². The number of fused-ring (bicyclic) bond motifs is 1. The smallest absolute Gasteiger partial charge is 0.184 e. The van der Waals surface area contributed by atoms with Gasteiger partial charge in [-0.25, -0.2) is 9.37 Å². The molecule has 0 aliphatic heterocycles. The molecule has 0 radical (unpaired) electrons. The third kappa shape index (κ3) is 2.14. The summed E-state index contributed by atoms with van der Waals surface area (Å²) in [7, 11) is 0. The van der Waals surface area contributed by atoms with Gasteiger partial charge < -0.3 is 4.98 Å². The Hall–Kier alpha value is -1.43. The molecule has 3 nitrogen and oxygen atoms in total. The fourth-order valence-electron chi connectivity index (χ4n) is 1.86. The number of rotatable bonds is 1. The number of nitrogens with zero attached hydrogens (tertiary/aromatic N) is 2. The molecule has 7 heteroatoms. The maximum Gasteiger partial charge on any atom is 0.184 e. The molecule has 96 valence electrons. The first kappa shape index (κ1) is 12.6. The number of hydrogen-bond acceptors (Lipinski definition) is 2. The summed E-state index contributed by atoms with van der Waals surface area (Å²) in [5.74, 6) is -0.406. The molecule has 19 heavy (non-hydrogen) atoms. The van der Waals surface area contributed by atoms with Crippen molar-refractivity contribution in [1.82, 2.24) is 14.5 Å². The van der Waals surface area contributed by atoms with Crippen LogP contribution in [0.25, 0.3) is 16.9 Å². The number of nitrogens with one attached hydrogen (secondary N) is 1. The standard InChI is InChI=1S/C12H6Cl2FN3S/c13-6-3-9-11(16-5-6)18(12(19)17-9)10-2-1-7(15)4-8(10)14/h1-5H,(H,17,19). The Morgan fingerprint density at radius 3 is 2.79 bits per heavy atom. The van der Waals surface area contributed by atoms with E-state index in [1.165, 1.54) is 18.3 Å². The first-order chi connectivity index (χ1) is 9.06. The molecule has 0 saturated heterocycles. The van der Waals surface area contributed by atoms with E-state index in [1.807, 2.05) is 0 Å². The molecule has 0 fully saturated rings. The van der Waals surface area contributed by atoms with Gasteiger partial charge in [-0.1, -0.05) is 23.2 Å². The average molecular weight is 314 g/mol. The van der Waals surface area contributed by atoms with E-state index in [-0.39, 0.29) is 5.02 Å². The van der Waals surface area contributed by atoms with Crippen LogP contribution in [0, 0.1) is 10.6 Å². The second-order valence-electron chi connectivity index (χ2n) is 3.89. The molecule has 0 bridgehead atoms. The van der Waals surface area contributed by atoms with Gasteiger partial charge in [0.1, 0.15) is 5.82 Å². The summed E-state index contributed by atoms with van der Waals surface area (Å²) in [6.07, 6.45) is 1.51. The van der Waals surface area contributed by atoms with Crippen LogP contribution in [0.2, 0.25) is 10.0 Å². The van der Waals surface area contributed by atoms with Gasteiger partial charge >= 0.3 is 0 Å². The fraction of sp³-hybridized carbons (Fsp3) is 0. The van der Waals surface area contributed by atoms with Gasteiger partial charge in [-0.05, 0) is 36.5 Å². The maximum absolute atomic E-state index is 13.1. The SMILES string of the molecule is Fc1ccc(-n2c(=S)[nH]c3cc(Cl)cnc32)c(Cl)c1. The van der Waals surface area contributed by atoms with E-state index >= 15 is 0 Å². The first-order valence-electron chi connectivity index (χ1n) is 5.28. The van der Waals surface area contributed by atoms with E-state index in [2.05, 4.69) is 9.97 Å².